The summed E-state index contributed by atoms with van der Waals surface area (Å²) in [6, 6.07) is 8.54. The Bertz CT molecular complexity index is 405. The molecule has 4 nitrogen and oxygen atoms in total. The number of nitrogens with zero attached hydrogens (tertiary/aromatic N) is 2. The molecule has 1 unspecified atom stereocenters. The van der Waals surface area contributed by atoms with Gasteiger partial charge < -0.3 is 10.9 Å². The number of oxime groups is 1. The van der Waals surface area contributed by atoms with Crippen molar-refractivity contribution in [3.63, 3.8) is 0 Å². The highest BCUT2D eigenvalue weighted by atomic mass is 127. The van der Waals surface area contributed by atoms with E-state index in [4.69, 9.17) is 10.9 Å². The molecule has 1 aromatic rings. The van der Waals surface area contributed by atoms with Gasteiger partial charge in [0.25, 0.3) is 0 Å². The summed E-state index contributed by atoms with van der Waals surface area (Å²) in [5, 5.41) is 11.9. The highest BCUT2D eigenvalue weighted by Crippen LogP contribution is 2.20. The fraction of sp³-hybridized carbons (Fsp3) is 0.417. The third kappa shape index (κ3) is 3.10. The van der Waals surface area contributed by atoms with Crippen molar-refractivity contribution in [3.8, 4) is 0 Å². The van der Waals surface area contributed by atoms with Gasteiger partial charge in [0.1, 0.15) is 0 Å². The molecule has 0 saturated carbocycles. The van der Waals surface area contributed by atoms with Crippen molar-refractivity contribution in [1.29, 1.82) is 0 Å². The smallest absolute Gasteiger partial charge is 0.156 e. The molecule has 0 spiro atoms. The van der Waals surface area contributed by atoms with Gasteiger partial charge in [0, 0.05) is 10.1 Å². The van der Waals surface area contributed by atoms with Gasteiger partial charge in [-0.15, -0.1) is 0 Å². The highest BCUT2D eigenvalue weighted by Gasteiger charge is 2.27. The first kappa shape index (κ1) is 12.6. The Kier molecular flexibility index (Phi) is 4.22. The molecule has 1 aliphatic rings. The Morgan fingerprint density at radius 1 is 1.47 bits per heavy atom. The molecule has 1 saturated heterocycles. The molecule has 1 fully saturated rings. The number of benzene rings is 1. The predicted octanol–water partition coefficient (Wildman–Crippen LogP) is 2.00. The van der Waals surface area contributed by atoms with E-state index in [9.17, 15) is 0 Å². The standard InChI is InChI=1S/C12H16IN3O/c13-10-5-3-9(4-6-10)8-16-7-1-2-11(16)12(14)15-17/h3-6,11,17H,1-2,7-8H2,(H2,14,15). The van der Waals surface area contributed by atoms with Gasteiger partial charge >= 0.3 is 0 Å². The van der Waals surface area contributed by atoms with E-state index in [0.29, 0.717) is 5.84 Å². The van der Waals surface area contributed by atoms with E-state index in [-0.39, 0.29) is 6.04 Å². The maximum absolute atomic E-state index is 8.75. The van der Waals surface area contributed by atoms with E-state index in [1.165, 1.54) is 9.13 Å². The monoisotopic (exact) mass is 345 g/mol. The van der Waals surface area contributed by atoms with Crippen LogP contribution in [0, 0.1) is 3.57 Å². The van der Waals surface area contributed by atoms with Crippen molar-refractivity contribution in [3.05, 3.63) is 33.4 Å². The van der Waals surface area contributed by atoms with Crippen molar-refractivity contribution in [2.24, 2.45) is 10.9 Å². The lowest BCUT2D eigenvalue weighted by Gasteiger charge is -2.23. The lowest BCUT2D eigenvalue weighted by Crippen LogP contribution is -2.40. The van der Waals surface area contributed by atoms with Crippen molar-refractivity contribution in [1.82, 2.24) is 4.90 Å². The van der Waals surface area contributed by atoms with Crippen LogP contribution in [0.1, 0.15) is 18.4 Å². The molecule has 0 bridgehead atoms. The highest BCUT2D eigenvalue weighted by molar-refractivity contribution is 14.1. The zero-order valence-corrected chi connectivity index (χ0v) is 11.7. The molecule has 1 heterocycles. The molecule has 1 atom stereocenters. The van der Waals surface area contributed by atoms with Gasteiger partial charge in [-0.1, -0.05) is 17.3 Å². The summed E-state index contributed by atoms with van der Waals surface area (Å²) in [5.41, 5.74) is 6.97. The zero-order valence-electron chi connectivity index (χ0n) is 9.51. The Morgan fingerprint density at radius 3 is 2.82 bits per heavy atom. The van der Waals surface area contributed by atoms with Gasteiger partial charge in [0.15, 0.2) is 5.84 Å². The molecule has 1 aromatic carbocycles. The summed E-state index contributed by atoms with van der Waals surface area (Å²) in [5.74, 6) is 0.327. The first-order valence-electron chi connectivity index (χ1n) is 5.66. The van der Waals surface area contributed by atoms with Gasteiger partial charge in [0.05, 0.1) is 6.04 Å². The van der Waals surface area contributed by atoms with Gasteiger partial charge in [-0.3, -0.25) is 4.90 Å². The van der Waals surface area contributed by atoms with Crippen molar-refractivity contribution < 1.29 is 5.21 Å². The van der Waals surface area contributed by atoms with Crippen LogP contribution >= 0.6 is 22.6 Å². The van der Waals surface area contributed by atoms with Crippen LogP contribution in [-0.4, -0.2) is 28.5 Å². The fourth-order valence-electron chi connectivity index (χ4n) is 2.24. The molecule has 5 heteroatoms. The third-order valence-electron chi connectivity index (χ3n) is 3.12. The van der Waals surface area contributed by atoms with Crippen molar-refractivity contribution in [2.75, 3.05) is 6.54 Å². The predicted molar refractivity (Wildman–Crippen MR) is 76.0 cm³/mol. The van der Waals surface area contributed by atoms with Crippen LogP contribution in [-0.2, 0) is 6.54 Å². The molecule has 1 aliphatic heterocycles. The largest absolute Gasteiger partial charge is 0.409 e. The Balaban J connectivity index is 2.05. The Morgan fingerprint density at radius 2 is 2.18 bits per heavy atom. The quantitative estimate of drug-likeness (QED) is 0.290. The molecule has 0 aliphatic carbocycles. The minimum absolute atomic E-state index is 0.0827. The van der Waals surface area contributed by atoms with E-state index in [0.717, 1.165) is 25.9 Å². The molecule has 3 N–H and O–H groups in total. The SMILES string of the molecule is NC(=NO)C1CCCN1Cc1ccc(I)cc1. The second-order valence-corrected chi connectivity index (χ2v) is 5.53. The normalized spacial score (nSPS) is 21.9. The Hall–Kier alpha value is -0.820. The summed E-state index contributed by atoms with van der Waals surface area (Å²) in [7, 11) is 0. The maximum Gasteiger partial charge on any atom is 0.156 e. The number of nitrogens with two attached hydrogens (primary N) is 1. The second kappa shape index (κ2) is 5.68. The number of amidine groups is 1. The molecule has 0 aromatic heterocycles. The summed E-state index contributed by atoms with van der Waals surface area (Å²) in [6.45, 7) is 1.87. The van der Waals surface area contributed by atoms with Gasteiger partial charge in [-0.25, -0.2) is 0 Å². The maximum atomic E-state index is 8.75. The van der Waals surface area contributed by atoms with Crippen LogP contribution < -0.4 is 5.73 Å². The summed E-state index contributed by atoms with van der Waals surface area (Å²) >= 11 is 2.30. The lowest BCUT2D eigenvalue weighted by atomic mass is 10.1. The molecular formula is C12H16IN3O. The van der Waals surface area contributed by atoms with Crippen LogP contribution in [0.25, 0.3) is 0 Å². The summed E-state index contributed by atoms with van der Waals surface area (Å²) in [4.78, 5) is 2.26. The summed E-state index contributed by atoms with van der Waals surface area (Å²) in [6.07, 6.45) is 2.07. The number of hydrogen-bond donors (Lipinski definition) is 2. The van der Waals surface area contributed by atoms with Crippen LogP contribution in [0.5, 0.6) is 0 Å². The number of rotatable bonds is 3. The molecule has 0 amide bonds. The fourth-order valence-corrected chi connectivity index (χ4v) is 2.60. The van der Waals surface area contributed by atoms with Crippen LogP contribution in [0.15, 0.2) is 29.4 Å². The topological polar surface area (TPSA) is 61.9 Å². The van der Waals surface area contributed by atoms with Gasteiger partial charge in [-0.05, 0) is 59.7 Å². The average Bonchev–Trinajstić information content (AvgIpc) is 2.79. The minimum atomic E-state index is 0.0827. The average molecular weight is 345 g/mol. The van der Waals surface area contributed by atoms with E-state index >= 15 is 0 Å². The third-order valence-corrected chi connectivity index (χ3v) is 3.84. The lowest BCUT2D eigenvalue weighted by molar-refractivity contribution is 0.275. The first-order valence-corrected chi connectivity index (χ1v) is 6.74. The molecule has 92 valence electrons. The number of halogens is 1. The van der Waals surface area contributed by atoms with Crippen LogP contribution in [0.4, 0.5) is 0 Å². The first-order chi connectivity index (χ1) is 8.20. The van der Waals surface area contributed by atoms with Gasteiger partial charge in [0.2, 0.25) is 0 Å². The van der Waals surface area contributed by atoms with Crippen molar-refractivity contribution >= 4 is 28.4 Å². The molecule has 17 heavy (non-hydrogen) atoms. The van der Waals surface area contributed by atoms with E-state index < -0.39 is 0 Å². The molecule has 2 rings (SSSR count). The van der Waals surface area contributed by atoms with E-state index in [1.54, 1.807) is 0 Å². The number of hydrogen-bond acceptors (Lipinski definition) is 3. The number of likely N-dealkylation sites (tertiary alicyclic amines) is 1. The van der Waals surface area contributed by atoms with E-state index in [1.807, 2.05) is 0 Å². The van der Waals surface area contributed by atoms with E-state index in [2.05, 4.69) is 56.9 Å². The molecule has 0 radical (unpaired) electrons. The zero-order chi connectivity index (χ0) is 12.3. The van der Waals surface area contributed by atoms with Crippen LogP contribution in [0.2, 0.25) is 0 Å². The van der Waals surface area contributed by atoms with Gasteiger partial charge in [-0.2, -0.15) is 0 Å². The van der Waals surface area contributed by atoms with Crippen LogP contribution in [0.3, 0.4) is 0 Å². The minimum Gasteiger partial charge on any atom is -0.409 e. The summed E-state index contributed by atoms with van der Waals surface area (Å²) < 4.78 is 1.24. The van der Waals surface area contributed by atoms with Crippen molar-refractivity contribution in [2.45, 2.75) is 25.4 Å². The Labute approximate surface area is 115 Å². The second-order valence-electron chi connectivity index (χ2n) is 4.28. The molecular weight excluding hydrogens is 329 g/mol.